The van der Waals surface area contributed by atoms with Gasteiger partial charge in [-0.1, -0.05) is 53.6 Å². The summed E-state index contributed by atoms with van der Waals surface area (Å²) in [6.07, 6.45) is 0. The van der Waals surface area contributed by atoms with Crippen molar-refractivity contribution in [2.45, 2.75) is 23.6 Å². The van der Waals surface area contributed by atoms with Gasteiger partial charge in [0.2, 0.25) is 0 Å². The lowest BCUT2D eigenvalue weighted by Gasteiger charge is -2.23. The van der Waals surface area contributed by atoms with Crippen LogP contribution in [0.2, 0.25) is 0 Å². The van der Waals surface area contributed by atoms with Crippen molar-refractivity contribution in [3.63, 3.8) is 0 Å². The third-order valence-electron chi connectivity index (χ3n) is 4.28. The van der Waals surface area contributed by atoms with Crippen LogP contribution >= 0.6 is 7.92 Å². The molecule has 29 heavy (non-hydrogen) atoms. The first-order valence-electron chi connectivity index (χ1n) is 8.50. The van der Waals surface area contributed by atoms with E-state index in [0.717, 1.165) is 11.1 Å². The van der Waals surface area contributed by atoms with E-state index in [4.69, 9.17) is 0 Å². The molecule has 6 nitrogen and oxygen atoms in total. The molecule has 9 heteroatoms. The summed E-state index contributed by atoms with van der Waals surface area (Å²) >= 11 is 0. The van der Waals surface area contributed by atoms with Gasteiger partial charge < -0.3 is 0 Å². The molecule has 0 radical (unpaired) electrons. The maximum absolute atomic E-state index is 12.1. The van der Waals surface area contributed by atoms with Gasteiger partial charge in [-0.05, 0) is 51.3 Å². The summed E-state index contributed by atoms with van der Waals surface area (Å²) in [5, 5.41) is 1.24. The van der Waals surface area contributed by atoms with Crippen LogP contribution in [0.1, 0.15) is 11.1 Å². The lowest BCUT2D eigenvalue weighted by Crippen LogP contribution is -2.28. The van der Waals surface area contributed by atoms with Crippen molar-refractivity contribution in [3.05, 3.63) is 77.9 Å². The van der Waals surface area contributed by atoms with Gasteiger partial charge in [-0.3, -0.25) is 9.11 Å². The zero-order valence-corrected chi connectivity index (χ0v) is 18.2. The topological polar surface area (TPSA) is 109 Å². The molecule has 152 valence electrons. The summed E-state index contributed by atoms with van der Waals surface area (Å²) in [6.45, 7) is 3.55. The Balaban J connectivity index is 2.46. The third kappa shape index (κ3) is 4.74. The molecule has 0 bridgehead atoms. The SMILES string of the molecule is Cc1ccc(S(=O)(=O)O)c(P(c2ccccc2)c2cc(C)ccc2S(=O)(=O)O)c1. The van der Waals surface area contributed by atoms with E-state index >= 15 is 0 Å². The van der Waals surface area contributed by atoms with Gasteiger partial charge in [-0.15, -0.1) is 0 Å². The summed E-state index contributed by atoms with van der Waals surface area (Å²) in [4.78, 5) is -0.582. The molecule has 0 amide bonds. The molecule has 0 saturated heterocycles. The molecule has 0 fully saturated rings. The van der Waals surface area contributed by atoms with E-state index in [1.165, 1.54) is 12.1 Å². The zero-order chi connectivity index (χ0) is 21.4. The predicted molar refractivity (Wildman–Crippen MR) is 114 cm³/mol. The Morgan fingerprint density at radius 3 is 1.45 bits per heavy atom. The van der Waals surface area contributed by atoms with Gasteiger partial charge in [0, 0.05) is 10.6 Å². The van der Waals surface area contributed by atoms with Gasteiger partial charge in [0.1, 0.15) is 9.79 Å². The smallest absolute Gasteiger partial charge is 0.282 e. The number of benzene rings is 3. The fraction of sp³-hybridized carbons (Fsp3) is 0.100. The van der Waals surface area contributed by atoms with Gasteiger partial charge in [-0.2, -0.15) is 16.8 Å². The van der Waals surface area contributed by atoms with Gasteiger partial charge in [0.15, 0.2) is 0 Å². The van der Waals surface area contributed by atoms with Crippen LogP contribution in [0, 0.1) is 13.8 Å². The Kier molecular flexibility index (Phi) is 5.94. The minimum Gasteiger partial charge on any atom is -0.282 e. The van der Waals surface area contributed by atoms with E-state index in [-0.39, 0.29) is 20.4 Å². The van der Waals surface area contributed by atoms with Gasteiger partial charge in [0.05, 0.1) is 0 Å². The second-order valence-electron chi connectivity index (χ2n) is 6.56. The number of hydrogen-bond donors (Lipinski definition) is 2. The number of aryl methyl sites for hydroxylation is 2. The monoisotopic (exact) mass is 450 g/mol. The maximum atomic E-state index is 12.1. The first kappa shape index (κ1) is 21.6. The van der Waals surface area contributed by atoms with Crippen LogP contribution in [0.5, 0.6) is 0 Å². The fourth-order valence-corrected chi connectivity index (χ4v) is 7.93. The molecule has 0 saturated carbocycles. The van der Waals surface area contributed by atoms with Crippen LogP contribution in [-0.4, -0.2) is 25.9 Å². The highest BCUT2D eigenvalue weighted by atomic mass is 32.2. The summed E-state index contributed by atoms with van der Waals surface area (Å²) in [5.74, 6) is 0. The molecule has 0 aromatic heterocycles. The summed E-state index contributed by atoms with van der Waals surface area (Å²) < 4.78 is 67.9. The molecule has 0 heterocycles. The molecule has 3 aromatic carbocycles. The highest BCUT2D eigenvalue weighted by molar-refractivity contribution is 7.89. The number of hydrogen-bond acceptors (Lipinski definition) is 4. The summed E-state index contributed by atoms with van der Waals surface area (Å²) in [7, 11) is -10.9. The van der Waals surface area contributed by atoms with Crippen LogP contribution in [0.25, 0.3) is 0 Å². The second kappa shape index (κ2) is 7.97. The molecule has 3 rings (SSSR count). The zero-order valence-electron chi connectivity index (χ0n) is 15.6. The largest absolute Gasteiger partial charge is 0.295 e. The Hall–Kier alpha value is -2.09. The maximum Gasteiger partial charge on any atom is 0.295 e. The molecule has 0 unspecified atom stereocenters. The highest BCUT2D eigenvalue weighted by Gasteiger charge is 2.29. The molecule has 0 atom stereocenters. The van der Waals surface area contributed by atoms with Gasteiger partial charge in [-0.25, -0.2) is 0 Å². The van der Waals surface area contributed by atoms with E-state index in [1.54, 1.807) is 68.4 Å². The average Bonchev–Trinajstić information content (AvgIpc) is 2.61. The molecule has 0 aliphatic rings. The third-order valence-corrected chi connectivity index (χ3v) is 8.93. The van der Waals surface area contributed by atoms with Crippen molar-refractivity contribution in [1.82, 2.24) is 0 Å². The first-order valence-corrected chi connectivity index (χ1v) is 12.7. The lowest BCUT2D eigenvalue weighted by atomic mass is 10.2. The molecule has 0 spiro atoms. The van der Waals surface area contributed by atoms with Crippen molar-refractivity contribution in [2.24, 2.45) is 0 Å². The standard InChI is InChI=1S/C20H19O6PS2/c1-14-8-10-19(28(21,22)23)17(12-14)27(16-6-4-3-5-7-16)18-13-15(2)9-11-20(18)29(24,25)26/h3-13H,1-2H3,(H,21,22,23)(H,24,25,26). The molecule has 0 aliphatic heterocycles. The minimum absolute atomic E-state index is 0.282. The average molecular weight is 450 g/mol. The quantitative estimate of drug-likeness (QED) is 0.457. The summed E-state index contributed by atoms with van der Waals surface area (Å²) in [6, 6.07) is 17.8. The van der Waals surface area contributed by atoms with Crippen LogP contribution in [0.3, 0.4) is 0 Å². The van der Waals surface area contributed by atoms with Crippen LogP contribution in [0.15, 0.2) is 76.5 Å². The highest BCUT2D eigenvalue weighted by Crippen LogP contribution is 2.38. The van der Waals surface area contributed by atoms with Crippen molar-refractivity contribution < 1.29 is 25.9 Å². The van der Waals surface area contributed by atoms with Crippen LogP contribution in [0.4, 0.5) is 0 Å². The predicted octanol–water partition coefficient (Wildman–Crippen LogP) is 2.56. The van der Waals surface area contributed by atoms with E-state index in [2.05, 4.69) is 0 Å². The molecular weight excluding hydrogens is 431 g/mol. The second-order valence-corrected chi connectivity index (χ2v) is 11.5. The Bertz CT molecular complexity index is 1190. The lowest BCUT2D eigenvalue weighted by molar-refractivity contribution is 0.482. The number of rotatable bonds is 5. The Morgan fingerprint density at radius 1 is 0.655 bits per heavy atom. The van der Waals surface area contributed by atoms with Gasteiger partial charge in [0.25, 0.3) is 20.2 Å². The van der Waals surface area contributed by atoms with Gasteiger partial charge >= 0.3 is 0 Å². The normalized spacial score (nSPS) is 12.3. The molecule has 0 aliphatic carbocycles. The van der Waals surface area contributed by atoms with E-state index in [0.29, 0.717) is 5.30 Å². The molecule has 3 aromatic rings. The van der Waals surface area contributed by atoms with Crippen molar-refractivity contribution in [1.29, 1.82) is 0 Å². The van der Waals surface area contributed by atoms with Crippen molar-refractivity contribution in [2.75, 3.05) is 0 Å². The van der Waals surface area contributed by atoms with Crippen molar-refractivity contribution >= 4 is 44.1 Å². The first-order chi connectivity index (χ1) is 13.5. The molecular formula is C20H19O6PS2. The van der Waals surface area contributed by atoms with Crippen LogP contribution in [-0.2, 0) is 20.2 Å². The molecule has 2 N–H and O–H groups in total. The van der Waals surface area contributed by atoms with E-state index in [1.807, 2.05) is 0 Å². The minimum atomic E-state index is -4.57. The van der Waals surface area contributed by atoms with Crippen LogP contribution < -0.4 is 15.9 Å². The fourth-order valence-electron chi connectivity index (χ4n) is 3.03. The Morgan fingerprint density at radius 2 is 1.07 bits per heavy atom. The Labute approximate surface area is 171 Å². The summed E-state index contributed by atoms with van der Waals surface area (Å²) in [5.41, 5.74) is 1.49. The van der Waals surface area contributed by atoms with E-state index in [9.17, 15) is 25.9 Å². The van der Waals surface area contributed by atoms with Crippen molar-refractivity contribution in [3.8, 4) is 0 Å². The van der Waals surface area contributed by atoms with E-state index < -0.39 is 28.2 Å².